The van der Waals surface area contributed by atoms with Crippen molar-refractivity contribution in [3.05, 3.63) is 54.9 Å². The van der Waals surface area contributed by atoms with Crippen molar-refractivity contribution in [2.45, 2.75) is 20.0 Å². The van der Waals surface area contributed by atoms with Crippen molar-refractivity contribution in [3.8, 4) is 0 Å². The zero-order valence-corrected chi connectivity index (χ0v) is 13.2. The van der Waals surface area contributed by atoms with Gasteiger partial charge in [-0.15, -0.1) is 0 Å². The van der Waals surface area contributed by atoms with Crippen molar-refractivity contribution in [1.29, 1.82) is 0 Å². The second-order valence-electron chi connectivity index (χ2n) is 5.08. The largest absolute Gasteiger partial charge is 0.452 e. The Hall–Kier alpha value is -2.62. The molecule has 1 heterocycles. The van der Waals surface area contributed by atoms with Crippen LogP contribution in [-0.4, -0.2) is 9.36 Å². The molecule has 0 spiro atoms. The lowest BCUT2D eigenvalue weighted by atomic mass is 10.0. The molecule has 1 N–H and O–H groups in total. The van der Waals surface area contributed by atoms with Gasteiger partial charge in [0.05, 0.1) is 0 Å². The fraction of sp³-hybridized carbons (Fsp3) is 0.214. The van der Waals surface area contributed by atoms with Gasteiger partial charge in [0.25, 0.3) is 0 Å². The van der Waals surface area contributed by atoms with E-state index in [1.54, 1.807) is 19.9 Å². The molecule has 3 rings (SSSR count). The van der Waals surface area contributed by atoms with Gasteiger partial charge < -0.3 is 0 Å². The van der Waals surface area contributed by atoms with E-state index in [0.717, 1.165) is 5.56 Å². The second-order valence-corrected chi connectivity index (χ2v) is 5.83. The van der Waals surface area contributed by atoms with Crippen LogP contribution in [0.25, 0.3) is 10.8 Å². The molecule has 0 atom stereocenters. The normalized spacial score (nSPS) is 13.0. The minimum atomic E-state index is -4.67. The number of rotatable bonds is 2. The number of aryl methyl sites for hydroxylation is 2. The van der Waals surface area contributed by atoms with E-state index in [1.165, 1.54) is 6.07 Å². The molecule has 1 aromatic heterocycles. The molecule has 0 saturated carbocycles. The summed E-state index contributed by atoms with van der Waals surface area (Å²) in [5, 5.41) is 3.50. The third-order valence-corrected chi connectivity index (χ3v) is 4.20. The fourth-order valence-corrected chi connectivity index (χ4v) is 2.77. The summed E-state index contributed by atoms with van der Waals surface area (Å²) in [6.45, 7) is 3.52. The first kappa shape index (κ1) is 16.2. The summed E-state index contributed by atoms with van der Waals surface area (Å²) in [6.07, 6.45) is -4.67. The number of alkyl halides is 3. The lowest BCUT2D eigenvalue weighted by Crippen LogP contribution is -2.32. The summed E-state index contributed by atoms with van der Waals surface area (Å²) in [4.78, 5) is 27.8. The average Bonchev–Trinajstić information content (AvgIpc) is 3.06. The quantitative estimate of drug-likeness (QED) is 0.710. The SMILES string of the molecule is Cc1ccc2c(=O)c(=NNc3nc(C(F)(F)F)ns3)c(=O)c2c1C. The van der Waals surface area contributed by atoms with E-state index < -0.39 is 22.9 Å². The van der Waals surface area contributed by atoms with E-state index in [1.807, 2.05) is 0 Å². The highest BCUT2D eigenvalue weighted by Crippen LogP contribution is 2.28. The van der Waals surface area contributed by atoms with E-state index in [4.69, 9.17) is 0 Å². The second kappa shape index (κ2) is 5.48. The van der Waals surface area contributed by atoms with Gasteiger partial charge in [0.2, 0.25) is 21.8 Å². The summed E-state index contributed by atoms with van der Waals surface area (Å²) in [5.41, 5.74) is 2.58. The standard InChI is InChI=1S/C14H9F3N4O2S/c1-5-3-4-7-8(6(5)2)11(23)9(10(7)22)19-20-13-18-12(21-24-13)14(15,16)17/h3-4H,1-2H3,(H,18,20,21). The lowest BCUT2D eigenvalue weighted by molar-refractivity contribution is -0.144. The number of aromatic nitrogens is 2. The molecule has 24 heavy (non-hydrogen) atoms. The van der Waals surface area contributed by atoms with Crippen LogP contribution in [0.4, 0.5) is 18.3 Å². The molecule has 2 aromatic carbocycles. The summed E-state index contributed by atoms with van der Waals surface area (Å²) >= 11 is 0.430. The molecule has 0 radical (unpaired) electrons. The fourth-order valence-electron chi connectivity index (χ4n) is 2.24. The maximum Gasteiger partial charge on any atom is 0.452 e. The summed E-state index contributed by atoms with van der Waals surface area (Å²) in [5.74, 6) is -1.31. The van der Waals surface area contributed by atoms with Crippen molar-refractivity contribution >= 4 is 27.4 Å². The number of nitrogens with one attached hydrogen (secondary N) is 1. The Labute approximate surface area is 136 Å². The van der Waals surface area contributed by atoms with Crippen LogP contribution in [0, 0.1) is 13.8 Å². The van der Waals surface area contributed by atoms with Crippen molar-refractivity contribution in [3.63, 3.8) is 0 Å². The average molecular weight is 354 g/mol. The minimum Gasteiger partial charge on any atom is -0.287 e. The number of fused-ring (bicyclic) bond motifs is 1. The predicted molar refractivity (Wildman–Crippen MR) is 82.4 cm³/mol. The van der Waals surface area contributed by atoms with Gasteiger partial charge in [-0.05, 0) is 31.0 Å². The van der Waals surface area contributed by atoms with Crippen LogP contribution in [-0.2, 0) is 6.18 Å². The Bertz CT molecular complexity index is 1090. The van der Waals surface area contributed by atoms with Gasteiger partial charge in [-0.1, -0.05) is 6.07 Å². The van der Waals surface area contributed by atoms with Gasteiger partial charge in [0.1, 0.15) is 0 Å². The molecule has 124 valence electrons. The molecule has 6 nitrogen and oxygen atoms in total. The first-order chi connectivity index (χ1) is 11.2. The summed E-state index contributed by atoms with van der Waals surface area (Å²) in [7, 11) is 0. The number of hydrogen-bond donors (Lipinski definition) is 1. The number of hydrogen-bond acceptors (Lipinski definition) is 7. The minimum absolute atomic E-state index is 0.233. The van der Waals surface area contributed by atoms with Crippen LogP contribution >= 0.6 is 11.5 Å². The van der Waals surface area contributed by atoms with E-state index in [9.17, 15) is 22.8 Å². The van der Waals surface area contributed by atoms with Crippen LogP contribution in [0.2, 0.25) is 0 Å². The molecule has 0 aliphatic heterocycles. The van der Waals surface area contributed by atoms with E-state index >= 15 is 0 Å². The zero-order valence-electron chi connectivity index (χ0n) is 12.4. The van der Waals surface area contributed by atoms with Crippen LogP contribution in [0.5, 0.6) is 0 Å². The third kappa shape index (κ3) is 2.58. The number of halogens is 3. The van der Waals surface area contributed by atoms with E-state index in [-0.39, 0.29) is 21.3 Å². The Morgan fingerprint density at radius 1 is 1.17 bits per heavy atom. The lowest BCUT2D eigenvalue weighted by Gasteiger charge is -1.98. The monoisotopic (exact) mass is 354 g/mol. The maximum atomic E-state index is 12.4. The van der Waals surface area contributed by atoms with Gasteiger partial charge in [-0.25, -0.2) is 0 Å². The highest BCUT2D eigenvalue weighted by molar-refractivity contribution is 7.09. The van der Waals surface area contributed by atoms with Crippen molar-refractivity contribution in [2.75, 3.05) is 5.43 Å². The topological polar surface area (TPSA) is 84.3 Å². The Kier molecular flexibility index (Phi) is 3.71. The number of benzene rings is 1. The molecule has 0 unspecified atom stereocenters. The highest BCUT2D eigenvalue weighted by Gasteiger charge is 2.36. The van der Waals surface area contributed by atoms with Gasteiger partial charge in [-0.2, -0.15) is 27.6 Å². The van der Waals surface area contributed by atoms with Crippen molar-refractivity contribution in [2.24, 2.45) is 5.10 Å². The first-order valence-electron chi connectivity index (χ1n) is 6.64. The molecule has 0 saturated heterocycles. The molecule has 0 bridgehead atoms. The van der Waals surface area contributed by atoms with Gasteiger partial charge >= 0.3 is 6.18 Å². The molecule has 0 aliphatic carbocycles. The van der Waals surface area contributed by atoms with Crippen LogP contribution < -0.4 is 21.6 Å². The molecule has 3 aromatic rings. The smallest absolute Gasteiger partial charge is 0.287 e. The van der Waals surface area contributed by atoms with Gasteiger partial charge in [-0.3, -0.25) is 15.0 Å². The maximum absolute atomic E-state index is 12.4. The number of anilines is 1. The van der Waals surface area contributed by atoms with Crippen molar-refractivity contribution < 1.29 is 13.2 Å². The molecular weight excluding hydrogens is 345 g/mol. The summed E-state index contributed by atoms with van der Waals surface area (Å²) in [6, 6.07) is 3.25. The Morgan fingerprint density at radius 3 is 2.50 bits per heavy atom. The van der Waals surface area contributed by atoms with Crippen LogP contribution in [0.3, 0.4) is 0 Å². The summed E-state index contributed by atoms with van der Waals surface area (Å²) < 4.78 is 40.5. The first-order valence-corrected chi connectivity index (χ1v) is 7.41. The van der Waals surface area contributed by atoms with Gasteiger partial charge in [0, 0.05) is 22.3 Å². The van der Waals surface area contributed by atoms with Crippen LogP contribution in [0.1, 0.15) is 17.0 Å². The van der Waals surface area contributed by atoms with E-state index in [2.05, 4.69) is 19.9 Å². The Balaban J connectivity index is 2.09. The predicted octanol–water partition coefficient (Wildman–Crippen LogP) is 1.85. The molecule has 0 aliphatic rings. The van der Waals surface area contributed by atoms with Crippen LogP contribution in [0.15, 0.2) is 26.8 Å². The molecule has 0 amide bonds. The Morgan fingerprint density at radius 2 is 1.88 bits per heavy atom. The molecule has 0 fully saturated rings. The molecule has 10 heteroatoms. The third-order valence-electron chi connectivity index (χ3n) is 3.58. The highest BCUT2D eigenvalue weighted by atomic mass is 32.1. The van der Waals surface area contributed by atoms with Crippen molar-refractivity contribution in [1.82, 2.24) is 9.36 Å². The van der Waals surface area contributed by atoms with Gasteiger partial charge in [0.15, 0.2) is 5.36 Å². The molecular formula is C14H9F3N4O2S. The number of nitrogens with zero attached hydrogens (tertiary/aromatic N) is 3. The zero-order chi connectivity index (χ0) is 17.6. The van der Waals surface area contributed by atoms with E-state index in [0.29, 0.717) is 17.1 Å².